The second kappa shape index (κ2) is 9.39. The predicted octanol–water partition coefficient (Wildman–Crippen LogP) is 4.83. The molecule has 8 heteroatoms. The van der Waals surface area contributed by atoms with Gasteiger partial charge in [0.15, 0.2) is 6.10 Å². The third-order valence-electron chi connectivity index (χ3n) is 3.46. The maximum absolute atomic E-state index is 11.6. The summed E-state index contributed by atoms with van der Waals surface area (Å²) in [7, 11) is 0. The lowest BCUT2D eigenvalue weighted by Gasteiger charge is -2.13. The lowest BCUT2D eigenvalue weighted by atomic mass is 10.3. The van der Waals surface area contributed by atoms with Crippen molar-refractivity contribution in [1.29, 1.82) is 0 Å². The summed E-state index contributed by atoms with van der Waals surface area (Å²) in [4.78, 5) is 20.3. The zero-order chi connectivity index (χ0) is 18.5. The van der Waals surface area contributed by atoms with E-state index in [2.05, 4.69) is 9.97 Å². The molecule has 0 N–H and O–H groups in total. The number of hydrogen-bond donors (Lipinski definition) is 0. The van der Waals surface area contributed by atoms with Gasteiger partial charge in [0.1, 0.15) is 11.5 Å². The molecule has 0 amide bonds. The van der Waals surface area contributed by atoms with Crippen LogP contribution in [-0.4, -0.2) is 28.6 Å². The number of benzene rings is 2. The molecule has 6 nitrogen and oxygen atoms in total. The van der Waals surface area contributed by atoms with E-state index in [1.165, 1.54) is 6.20 Å². The fourth-order valence-electron chi connectivity index (χ4n) is 2.23. The molecule has 1 atom stereocenters. The number of esters is 1. The van der Waals surface area contributed by atoms with Gasteiger partial charge in [0.25, 0.3) is 0 Å². The van der Waals surface area contributed by atoms with E-state index < -0.39 is 12.1 Å². The van der Waals surface area contributed by atoms with Crippen molar-refractivity contribution < 1.29 is 19.0 Å². The van der Waals surface area contributed by atoms with Crippen LogP contribution in [0, 0.1) is 0 Å². The van der Waals surface area contributed by atoms with Gasteiger partial charge in [-0.1, -0.05) is 11.6 Å². The third kappa shape index (κ3) is 5.45. The molecule has 3 rings (SSSR count). The number of carbonyl (C=O) groups excluding carboxylic acids is 1. The molecular weight excluding hydrogens is 391 g/mol. The van der Waals surface area contributed by atoms with Crippen LogP contribution in [0.2, 0.25) is 5.02 Å². The van der Waals surface area contributed by atoms with Crippen molar-refractivity contribution in [3.63, 3.8) is 0 Å². The summed E-state index contributed by atoms with van der Waals surface area (Å²) < 4.78 is 16.2. The number of fused-ring (bicyclic) bond motifs is 1. The van der Waals surface area contributed by atoms with Crippen molar-refractivity contribution in [3.8, 4) is 17.4 Å². The fraction of sp³-hybridized carbons (Fsp3) is 0.211. The monoisotopic (exact) mass is 408 g/mol. The van der Waals surface area contributed by atoms with Gasteiger partial charge in [0.2, 0.25) is 5.88 Å². The van der Waals surface area contributed by atoms with E-state index in [1.807, 2.05) is 0 Å². The normalized spacial score (nSPS) is 11.4. The van der Waals surface area contributed by atoms with Gasteiger partial charge < -0.3 is 14.2 Å². The van der Waals surface area contributed by atoms with E-state index in [4.69, 9.17) is 25.8 Å². The van der Waals surface area contributed by atoms with Gasteiger partial charge in [-0.3, -0.25) is 0 Å². The number of ether oxygens (including phenoxy) is 3. The van der Waals surface area contributed by atoms with Crippen molar-refractivity contribution in [1.82, 2.24) is 9.97 Å². The Kier molecular flexibility index (Phi) is 7.21. The van der Waals surface area contributed by atoms with E-state index in [9.17, 15) is 4.79 Å². The molecule has 0 saturated carbocycles. The van der Waals surface area contributed by atoms with Gasteiger partial charge in [0.05, 0.1) is 23.8 Å². The number of halogens is 2. The number of carbonyl (C=O) groups is 1. The second-order valence-corrected chi connectivity index (χ2v) is 5.86. The molecule has 0 aliphatic heterocycles. The van der Waals surface area contributed by atoms with Gasteiger partial charge in [-0.2, -0.15) is 0 Å². The average Bonchev–Trinajstić information content (AvgIpc) is 2.63. The molecule has 0 aliphatic carbocycles. The van der Waals surface area contributed by atoms with Crippen LogP contribution >= 0.6 is 24.0 Å². The summed E-state index contributed by atoms with van der Waals surface area (Å²) in [6, 6.07) is 12.1. The average molecular weight is 409 g/mol. The lowest BCUT2D eigenvalue weighted by Crippen LogP contribution is -2.25. The predicted molar refractivity (Wildman–Crippen MR) is 105 cm³/mol. The van der Waals surface area contributed by atoms with Crippen molar-refractivity contribution in [2.24, 2.45) is 0 Å². The van der Waals surface area contributed by atoms with Gasteiger partial charge in [-0.25, -0.2) is 14.8 Å². The van der Waals surface area contributed by atoms with Crippen molar-refractivity contribution in [2.45, 2.75) is 20.0 Å². The molecule has 0 fully saturated rings. The topological polar surface area (TPSA) is 70.5 Å². The van der Waals surface area contributed by atoms with Gasteiger partial charge >= 0.3 is 5.97 Å². The zero-order valence-corrected chi connectivity index (χ0v) is 16.3. The van der Waals surface area contributed by atoms with Crippen molar-refractivity contribution in [2.75, 3.05) is 6.61 Å². The Morgan fingerprint density at radius 1 is 1.11 bits per heavy atom. The summed E-state index contributed by atoms with van der Waals surface area (Å²) in [6.07, 6.45) is 0.853. The first-order valence-electron chi connectivity index (χ1n) is 8.08. The van der Waals surface area contributed by atoms with Crippen LogP contribution in [0.5, 0.6) is 17.4 Å². The fourth-order valence-corrected chi connectivity index (χ4v) is 2.40. The Hall–Kier alpha value is -2.57. The van der Waals surface area contributed by atoms with Gasteiger partial charge in [-0.15, -0.1) is 12.4 Å². The summed E-state index contributed by atoms with van der Waals surface area (Å²) in [5.74, 6) is 1.08. The molecule has 27 heavy (non-hydrogen) atoms. The number of aromatic nitrogens is 2. The maximum Gasteiger partial charge on any atom is 0.347 e. The molecular formula is C19H18Cl2N2O4. The third-order valence-corrected chi connectivity index (χ3v) is 3.69. The molecule has 0 bridgehead atoms. The minimum atomic E-state index is -0.681. The van der Waals surface area contributed by atoms with Gasteiger partial charge in [-0.05, 0) is 56.3 Å². The molecule has 0 aliphatic rings. The highest BCUT2D eigenvalue weighted by Crippen LogP contribution is 2.24. The molecule has 3 aromatic rings. The van der Waals surface area contributed by atoms with E-state index in [0.717, 1.165) is 0 Å². The largest absolute Gasteiger partial charge is 0.479 e. The Labute approximate surface area is 167 Å². The minimum Gasteiger partial charge on any atom is -0.479 e. The van der Waals surface area contributed by atoms with E-state index in [1.54, 1.807) is 56.3 Å². The Morgan fingerprint density at radius 3 is 2.52 bits per heavy atom. The molecule has 1 heterocycles. The van der Waals surface area contributed by atoms with Crippen LogP contribution in [0.25, 0.3) is 11.0 Å². The summed E-state index contributed by atoms with van der Waals surface area (Å²) in [5.41, 5.74) is 1.39. The second-order valence-electron chi connectivity index (χ2n) is 5.43. The number of hydrogen-bond acceptors (Lipinski definition) is 6. The highest BCUT2D eigenvalue weighted by atomic mass is 35.5. The summed E-state index contributed by atoms with van der Waals surface area (Å²) in [5, 5.41) is 0.605. The molecule has 0 radical (unpaired) electrons. The molecule has 0 spiro atoms. The standard InChI is InChI=1S/C19H17ClN2O4.ClH/c1-3-24-19(23)12(2)25-14-5-7-15(8-6-14)26-18-11-21-17-10-13(20)4-9-16(17)22-18;/h4-12H,3H2,1-2H3;1H/t12-;/m1./s1. The first kappa shape index (κ1) is 20.7. The van der Waals surface area contributed by atoms with Crippen LogP contribution in [0.1, 0.15) is 13.8 Å². The summed E-state index contributed by atoms with van der Waals surface area (Å²) in [6.45, 7) is 3.71. The van der Waals surface area contributed by atoms with Crippen LogP contribution in [0.4, 0.5) is 0 Å². The minimum absolute atomic E-state index is 0. The van der Waals surface area contributed by atoms with Crippen LogP contribution in [0.3, 0.4) is 0 Å². The summed E-state index contributed by atoms with van der Waals surface area (Å²) >= 11 is 5.94. The first-order valence-corrected chi connectivity index (χ1v) is 8.46. The lowest BCUT2D eigenvalue weighted by molar-refractivity contribution is -0.150. The molecule has 2 aromatic carbocycles. The van der Waals surface area contributed by atoms with Crippen molar-refractivity contribution >= 4 is 41.0 Å². The molecule has 142 valence electrons. The van der Waals surface area contributed by atoms with Crippen LogP contribution in [0.15, 0.2) is 48.7 Å². The smallest absolute Gasteiger partial charge is 0.347 e. The maximum atomic E-state index is 11.6. The zero-order valence-electron chi connectivity index (χ0n) is 14.7. The van der Waals surface area contributed by atoms with Gasteiger partial charge in [0, 0.05) is 5.02 Å². The highest BCUT2D eigenvalue weighted by Gasteiger charge is 2.15. The number of rotatable bonds is 6. The number of nitrogens with zero attached hydrogens (tertiary/aromatic N) is 2. The Balaban J connectivity index is 0.00000261. The SMILES string of the molecule is CCOC(=O)[C@@H](C)Oc1ccc(Oc2cnc3cc(Cl)ccc3n2)cc1.Cl. The molecule has 1 aromatic heterocycles. The van der Waals surface area contributed by atoms with Crippen molar-refractivity contribution in [3.05, 3.63) is 53.7 Å². The van der Waals surface area contributed by atoms with E-state index in [-0.39, 0.29) is 12.4 Å². The molecule has 0 unspecified atom stereocenters. The Morgan fingerprint density at radius 2 is 1.81 bits per heavy atom. The first-order chi connectivity index (χ1) is 12.5. The van der Waals surface area contributed by atoms with Crippen LogP contribution < -0.4 is 9.47 Å². The quantitative estimate of drug-likeness (QED) is 0.544. The van der Waals surface area contributed by atoms with E-state index in [0.29, 0.717) is 40.0 Å². The Bertz CT molecular complexity index is 919. The molecule has 0 saturated heterocycles. The highest BCUT2D eigenvalue weighted by molar-refractivity contribution is 6.31. The van der Waals surface area contributed by atoms with Crippen LogP contribution in [-0.2, 0) is 9.53 Å². The van der Waals surface area contributed by atoms with E-state index >= 15 is 0 Å².